The zero-order valence-electron chi connectivity index (χ0n) is 32.2. The van der Waals surface area contributed by atoms with E-state index < -0.39 is 74.6 Å². The summed E-state index contributed by atoms with van der Waals surface area (Å²) in [5, 5.41) is 72.7. The molecule has 298 valence electrons. The van der Waals surface area contributed by atoms with E-state index in [1.807, 2.05) is 0 Å². The number of fused-ring (bicyclic) bond motifs is 5. The molecule has 0 unspecified atom stereocenters. The normalized spacial score (nSPS) is 49.3. The summed E-state index contributed by atoms with van der Waals surface area (Å²) >= 11 is 0. The van der Waals surface area contributed by atoms with E-state index in [9.17, 15) is 35.7 Å². The molecule has 11 heteroatoms. The average molecular weight is 737 g/mol. The van der Waals surface area contributed by atoms with Crippen LogP contribution in [0.2, 0.25) is 0 Å². The highest BCUT2D eigenvalue weighted by molar-refractivity contribution is 5.28. The number of hydrogen-bond acceptors (Lipinski definition) is 11. The molecule has 11 nitrogen and oxygen atoms in total. The van der Waals surface area contributed by atoms with Crippen LogP contribution in [-0.2, 0) is 18.9 Å². The third-order valence-corrected chi connectivity index (χ3v) is 15.0. The molecule has 2 saturated heterocycles. The van der Waals surface area contributed by atoms with E-state index in [1.165, 1.54) is 32.1 Å². The number of rotatable bonds is 11. The minimum absolute atomic E-state index is 0.171. The molecule has 3 saturated carbocycles. The van der Waals surface area contributed by atoms with E-state index >= 15 is 0 Å². The number of allylic oxidation sites excluding steroid dienone is 4. The van der Waals surface area contributed by atoms with Crippen molar-refractivity contribution in [1.82, 2.24) is 0 Å². The minimum Gasteiger partial charge on any atom is -0.394 e. The summed E-state index contributed by atoms with van der Waals surface area (Å²) < 4.78 is 23.5. The topological polar surface area (TPSA) is 179 Å². The van der Waals surface area contributed by atoms with E-state index in [1.54, 1.807) is 5.57 Å². The van der Waals surface area contributed by atoms with Crippen molar-refractivity contribution in [2.45, 2.75) is 167 Å². The number of hydrogen-bond donors (Lipinski definition) is 7. The van der Waals surface area contributed by atoms with Crippen molar-refractivity contribution in [3.63, 3.8) is 0 Å². The first-order valence-corrected chi connectivity index (χ1v) is 20.3. The van der Waals surface area contributed by atoms with Crippen LogP contribution in [0.5, 0.6) is 0 Å². The monoisotopic (exact) mass is 736 g/mol. The Bertz CT molecular complexity index is 1250. The van der Waals surface area contributed by atoms with E-state index in [4.69, 9.17) is 18.9 Å². The van der Waals surface area contributed by atoms with Crippen molar-refractivity contribution in [3.05, 3.63) is 23.8 Å². The van der Waals surface area contributed by atoms with Gasteiger partial charge < -0.3 is 54.7 Å². The highest BCUT2D eigenvalue weighted by Gasteiger charge is 2.59. The van der Waals surface area contributed by atoms with E-state index in [0.29, 0.717) is 46.8 Å². The van der Waals surface area contributed by atoms with Crippen LogP contribution in [0.15, 0.2) is 23.8 Å². The summed E-state index contributed by atoms with van der Waals surface area (Å²) in [6, 6.07) is 0. The summed E-state index contributed by atoms with van der Waals surface area (Å²) in [5.41, 5.74) is 2.21. The first-order chi connectivity index (χ1) is 24.7. The van der Waals surface area contributed by atoms with Gasteiger partial charge in [0.05, 0.1) is 19.3 Å². The van der Waals surface area contributed by atoms with Gasteiger partial charge >= 0.3 is 0 Å². The number of aliphatic hydroxyl groups excluding tert-OH is 7. The molecule has 7 N–H and O–H groups in total. The molecule has 19 atom stereocenters. The summed E-state index contributed by atoms with van der Waals surface area (Å²) in [5.74, 6) is 4.23. The maximum absolute atomic E-state index is 11.1. The van der Waals surface area contributed by atoms with Gasteiger partial charge in [-0.2, -0.15) is 0 Å². The molecule has 0 spiro atoms. The van der Waals surface area contributed by atoms with Crippen LogP contribution in [-0.4, -0.2) is 116 Å². The van der Waals surface area contributed by atoms with Gasteiger partial charge in [0.2, 0.25) is 0 Å². The third kappa shape index (κ3) is 7.36. The van der Waals surface area contributed by atoms with Crippen molar-refractivity contribution in [1.29, 1.82) is 0 Å². The van der Waals surface area contributed by atoms with Crippen LogP contribution in [0.3, 0.4) is 0 Å². The molecule has 52 heavy (non-hydrogen) atoms. The zero-order valence-corrected chi connectivity index (χ0v) is 32.2. The van der Waals surface area contributed by atoms with Crippen molar-refractivity contribution >= 4 is 0 Å². The second-order valence-electron chi connectivity index (χ2n) is 18.1. The second kappa shape index (κ2) is 16.3. The van der Waals surface area contributed by atoms with Crippen LogP contribution in [0.25, 0.3) is 0 Å². The maximum atomic E-state index is 11.1. The second-order valence-corrected chi connectivity index (χ2v) is 18.1. The Morgan fingerprint density at radius 3 is 2.08 bits per heavy atom. The van der Waals surface area contributed by atoms with Gasteiger partial charge in [0.25, 0.3) is 0 Å². The maximum Gasteiger partial charge on any atom is 0.187 e. The molecule has 5 fully saturated rings. The van der Waals surface area contributed by atoms with Gasteiger partial charge in [-0.05, 0) is 110 Å². The average Bonchev–Trinajstić information content (AvgIpc) is 3.48. The molecule has 0 radical (unpaired) electrons. The molecular formula is C41H68O11. The minimum atomic E-state index is -1.71. The molecule has 2 aliphatic heterocycles. The summed E-state index contributed by atoms with van der Waals surface area (Å²) in [6.45, 7) is 13.2. The predicted molar refractivity (Wildman–Crippen MR) is 193 cm³/mol. The van der Waals surface area contributed by atoms with Gasteiger partial charge in [0, 0.05) is 0 Å². The Hall–Kier alpha value is -0.960. The standard InChI is InChI=1S/C41H68O11/c1-7-23(21(2)3)9-8-22(4)27-12-13-28-26-11-10-24-18-25(14-16-40(24,5)29(26)15-17-41(27,28)6)49-38-36(48)34(46)37(31(20-43)51-38)52-39-35(47)33(45)32(44)30(19-42)50-39/h8-9,11,21-25,27-39,42-48H,7,10,12-20H2,1-6H3/b9-8+/t22-,23-,24+,25-,27-,28+,29+,30-,31-,32-,33+,34-,35-,36-,37-,38-,39+,40+,41-/m1/s1. The molecule has 6 rings (SSSR count). The molecule has 0 amide bonds. The first-order valence-electron chi connectivity index (χ1n) is 20.3. The third-order valence-electron chi connectivity index (χ3n) is 15.0. The Kier molecular flexibility index (Phi) is 12.7. The molecule has 0 bridgehead atoms. The van der Waals surface area contributed by atoms with E-state index in [-0.39, 0.29) is 11.5 Å². The Labute approximate surface area is 310 Å². The Morgan fingerprint density at radius 1 is 0.769 bits per heavy atom. The van der Waals surface area contributed by atoms with Crippen LogP contribution < -0.4 is 0 Å². The van der Waals surface area contributed by atoms with Gasteiger partial charge in [0.15, 0.2) is 12.6 Å². The molecule has 6 aliphatic rings. The van der Waals surface area contributed by atoms with Crippen LogP contribution in [0, 0.1) is 52.3 Å². The van der Waals surface area contributed by atoms with Gasteiger partial charge in [-0.3, -0.25) is 0 Å². The lowest BCUT2D eigenvalue weighted by molar-refractivity contribution is -0.364. The van der Waals surface area contributed by atoms with Gasteiger partial charge in [-0.15, -0.1) is 0 Å². The molecule has 0 aromatic rings. The van der Waals surface area contributed by atoms with Crippen molar-refractivity contribution in [2.75, 3.05) is 13.2 Å². The highest BCUT2D eigenvalue weighted by Crippen LogP contribution is 2.67. The predicted octanol–water partition coefficient (Wildman–Crippen LogP) is 3.45. The number of aliphatic hydroxyl groups is 7. The smallest absolute Gasteiger partial charge is 0.187 e. The highest BCUT2D eigenvalue weighted by atomic mass is 16.7. The van der Waals surface area contributed by atoms with Crippen molar-refractivity contribution < 1.29 is 54.7 Å². The lowest BCUT2D eigenvalue weighted by atomic mass is 9.47. The summed E-state index contributed by atoms with van der Waals surface area (Å²) in [6.07, 6.45) is 2.75. The van der Waals surface area contributed by atoms with Crippen molar-refractivity contribution in [2.24, 2.45) is 52.3 Å². The zero-order chi connectivity index (χ0) is 37.7. The first kappa shape index (κ1) is 40.7. The van der Waals surface area contributed by atoms with Crippen LogP contribution in [0.1, 0.15) is 99.3 Å². The molecule has 2 heterocycles. The fraction of sp³-hybridized carbons (Fsp3) is 0.902. The lowest BCUT2D eigenvalue weighted by Gasteiger charge is -2.58. The quantitative estimate of drug-likeness (QED) is 0.155. The van der Waals surface area contributed by atoms with E-state index in [0.717, 1.165) is 25.7 Å². The fourth-order valence-corrected chi connectivity index (χ4v) is 11.6. The SMILES string of the molecule is CC[C@H](/C=C/[C@@H](C)[C@H]1CC[C@H]2C3=CC[C@H]4C[C@H](O[C@@H]5O[C@H](CO)[C@@H](O[C@@H]6O[C@H](CO)[C@@H](O)[C@H](O)[C@H]6O)[C@H](O)[C@H]5O)CC[C@]4(C)[C@H]3CC[C@]12C)C(C)C. The number of ether oxygens (including phenoxy) is 4. The molecule has 4 aliphatic carbocycles. The molecular weight excluding hydrogens is 668 g/mol. The summed E-state index contributed by atoms with van der Waals surface area (Å²) in [7, 11) is 0. The fourth-order valence-electron chi connectivity index (χ4n) is 11.6. The summed E-state index contributed by atoms with van der Waals surface area (Å²) in [4.78, 5) is 0. The Balaban J connectivity index is 1.08. The van der Waals surface area contributed by atoms with Crippen LogP contribution in [0.4, 0.5) is 0 Å². The molecule has 0 aromatic heterocycles. The van der Waals surface area contributed by atoms with Crippen LogP contribution >= 0.6 is 0 Å². The lowest BCUT2D eigenvalue weighted by Crippen LogP contribution is -2.65. The van der Waals surface area contributed by atoms with Gasteiger partial charge in [0.1, 0.15) is 48.8 Å². The van der Waals surface area contributed by atoms with Gasteiger partial charge in [-0.25, -0.2) is 0 Å². The van der Waals surface area contributed by atoms with Crippen molar-refractivity contribution in [3.8, 4) is 0 Å². The van der Waals surface area contributed by atoms with Gasteiger partial charge in [-0.1, -0.05) is 65.3 Å². The Morgan fingerprint density at radius 2 is 1.40 bits per heavy atom. The molecule has 0 aromatic carbocycles. The largest absolute Gasteiger partial charge is 0.394 e. The van der Waals surface area contributed by atoms with E-state index in [2.05, 4.69) is 59.8 Å².